The zero-order chi connectivity index (χ0) is 8.27. The van der Waals surface area contributed by atoms with Gasteiger partial charge < -0.3 is 10.2 Å². The van der Waals surface area contributed by atoms with Crippen LogP contribution in [0.3, 0.4) is 0 Å². The molecule has 1 atom stereocenters. The highest BCUT2D eigenvalue weighted by Crippen LogP contribution is 2.16. The first-order valence-electron chi connectivity index (χ1n) is 4.12. The third-order valence-corrected chi connectivity index (χ3v) is 1.84. The lowest BCUT2D eigenvalue weighted by Crippen LogP contribution is -2.06. The number of furan rings is 1. The summed E-state index contributed by atoms with van der Waals surface area (Å²) in [6.45, 7) is 4.12. The third-order valence-electron chi connectivity index (χ3n) is 1.84. The van der Waals surface area contributed by atoms with Gasteiger partial charge in [-0.1, -0.05) is 13.8 Å². The molecule has 0 radical (unpaired) electrons. The van der Waals surface area contributed by atoms with Crippen LogP contribution in [-0.4, -0.2) is 0 Å². The molecule has 2 heteroatoms. The van der Waals surface area contributed by atoms with Crippen molar-refractivity contribution in [3.05, 3.63) is 23.7 Å². The summed E-state index contributed by atoms with van der Waals surface area (Å²) in [5, 5.41) is 0. The molecule has 0 saturated carbocycles. The zero-order valence-electron chi connectivity index (χ0n) is 7.13. The van der Waals surface area contributed by atoms with Crippen LogP contribution in [0.15, 0.2) is 16.5 Å². The molecular weight excluding hydrogens is 138 g/mol. The standard InChI is InChI=1S/C9H15NO/c1-3-7-5-6-9(11-7)8(10)4-2/h5-6,8H,3-4,10H2,1-2H3/t8-/m0/s1. The first-order chi connectivity index (χ1) is 5.27. The largest absolute Gasteiger partial charge is 0.464 e. The van der Waals surface area contributed by atoms with E-state index in [1.807, 2.05) is 12.1 Å². The highest BCUT2D eigenvalue weighted by Gasteiger charge is 2.06. The van der Waals surface area contributed by atoms with Crippen LogP contribution in [0.5, 0.6) is 0 Å². The maximum Gasteiger partial charge on any atom is 0.120 e. The summed E-state index contributed by atoms with van der Waals surface area (Å²) in [5.74, 6) is 1.92. The molecular formula is C9H15NO. The van der Waals surface area contributed by atoms with Gasteiger partial charge in [-0.05, 0) is 18.6 Å². The van der Waals surface area contributed by atoms with E-state index < -0.39 is 0 Å². The van der Waals surface area contributed by atoms with Crippen LogP contribution >= 0.6 is 0 Å². The van der Waals surface area contributed by atoms with Crippen LogP contribution in [0.25, 0.3) is 0 Å². The molecule has 62 valence electrons. The summed E-state index contributed by atoms with van der Waals surface area (Å²) in [6, 6.07) is 4.02. The topological polar surface area (TPSA) is 39.2 Å². The average molecular weight is 153 g/mol. The molecule has 0 amide bonds. The zero-order valence-corrected chi connectivity index (χ0v) is 7.13. The smallest absolute Gasteiger partial charge is 0.120 e. The van der Waals surface area contributed by atoms with Gasteiger partial charge in [0.25, 0.3) is 0 Å². The quantitative estimate of drug-likeness (QED) is 0.723. The molecule has 0 aliphatic carbocycles. The van der Waals surface area contributed by atoms with E-state index >= 15 is 0 Å². The van der Waals surface area contributed by atoms with Crippen molar-refractivity contribution in [3.63, 3.8) is 0 Å². The van der Waals surface area contributed by atoms with E-state index in [-0.39, 0.29) is 6.04 Å². The second-order valence-corrected chi connectivity index (χ2v) is 2.67. The highest BCUT2D eigenvalue weighted by molar-refractivity contribution is 5.09. The van der Waals surface area contributed by atoms with Crippen molar-refractivity contribution in [2.24, 2.45) is 5.73 Å². The van der Waals surface area contributed by atoms with Gasteiger partial charge in [-0.3, -0.25) is 0 Å². The van der Waals surface area contributed by atoms with Crippen LogP contribution in [-0.2, 0) is 6.42 Å². The van der Waals surface area contributed by atoms with Crippen molar-refractivity contribution >= 4 is 0 Å². The summed E-state index contributed by atoms with van der Waals surface area (Å²) >= 11 is 0. The van der Waals surface area contributed by atoms with Gasteiger partial charge in [0.2, 0.25) is 0 Å². The first-order valence-corrected chi connectivity index (χ1v) is 4.12. The Morgan fingerprint density at radius 3 is 2.64 bits per heavy atom. The minimum absolute atomic E-state index is 0.0651. The number of hydrogen-bond acceptors (Lipinski definition) is 2. The first kappa shape index (κ1) is 8.34. The van der Waals surface area contributed by atoms with Crippen LogP contribution in [0.4, 0.5) is 0 Å². The Hall–Kier alpha value is -0.760. The van der Waals surface area contributed by atoms with E-state index in [9.17, 15) is 0 Å². The van der Waals surface area contributed by atoms with E-state index in [2.05, 4.69) is 13.8 Å². The lowest BCUT2D eigenvalue weighted by atomic mass is 10.2. The summed E-state index contributed by atoms with van der Waals surface area (Å²) in [5.41, 5.74) is 5.77. The molecule has 1 rings (SSSR count). The Morgan fingerprint density at radius 2 is 2.18 bits per heavy atom. The lowest BCUT2D eigenvalue weighted by molar-refractivity contribution is 0.431. The second-order valence-electron chi connectivity index (χ2n) is 2.67. The second kappa shape index (κ2) is 3.58. The third kappa shape index (κ3) is 1.84. The van der Waals surface area contributed by atoms with Gasteiger partial charge in [0, 0.05) is 6.42 Å². The van der Waals surface area contributed by atoms with Crippen LogP contribution in [0.2, 0.25) is 0 Å². The molecule has 1 heterocycles. The predicted octanol–water partition coefficient (Wildman–Crippen LogP) is 2.25. The lowest BCUT2D eigenvalue weighted by Gasteiger charge is -2.02. The molecule has 11 heavy (non-hydrogen) atoms. The molecule has 0 saturated heterocycles. The predicted molar refractivity (Wildman–Crippen MR) is 45.3 cm³/mol. The summed E-state index contributed by atoms with van der Waals surface area (Å²) in [7, 11) is 0. The molecule has 2 N–H and O–H groups in total. The van der Waals surface area contributed by atoms with Gasteiger partial charge in [0.1, 0.15) is 11.5 Å². The minimum atomic E-state index is 0.0651. The summed E-state index contributed by atoms with van der Waals surface area (Å²) < 4.78 is 5.46. The maximum atomic E-state index is 5.77. The van der Waals surface area contributed by atoms with Crippen molar-refractivity contribution in [2.75, 3.05) is 0 Å². The van der Waals surface area contributed by atoms with E-state index in [4.69, 9.17) is 10.2 Å². The van der Waals surface area contributed by atoms with Crippen molar-refractivity contribution in [3.8, 4) is 0 Å². The maximum absolute atomic E-state index is 5.77. The molecule has 2 nitrogen and oxygen atoms in total. The van der Waals surface area contributed by atoms with Gasteiger partial charge in [-0.25, -0.2) is 0 Å². The van der Waals surface area contributed by atoms with E-state index in [0.29, 0.717) is 0 Å². The van der Waals surface area contributed by atoms with Gasteiger partial charge >= 0.3 is 0 Å². The fraction of sp³-hybridized carbons (Fsp3) is 0.556. The number of rotatable bonds is 3. The fourth-order valence-electron chi connectivity index (χ4n) is 0.985. The van der Waals surface area contributed by atoms with Crippen molar-refractivity contribution in [1.82, 2.24) is 0 Å². The Morgan fingerprint density at radius 1 is 1.45 bits per heavy atom. The van der Waals surface area contributed by atoms with Crippen molar-refractivity contribution in [2.45, 2.75) is 32.7 Å². The van der Waals surface area contributed by atoms with Crippen molar-refractivity contribution in [1.29, 1.82) is 0 Å². The minimum Gasteiger partial charge on any atom is -0.464 e. The Bertz CT molecular complexity index is 217. The molecule has 0 aliphatic heterocycles. The van der Waals surface area contributed by atoms with Gasteiger partial charge in [0.15, 0.2) is 0 Å². The van der Waals surface area contributed by atoms with E-state index in [1.54, 1.807) is 0 Å². The van der Waals surface area contributed by atoms with E-state index in [1.165, 1.54) is 0 Å². The highest BCUT2D eigenvalue weighted by atomic mass is 16.3. The average Bonchev–Trinajstić information content (AvgIpc) is 2.50. The SMILES string of the molecule is CCc1ccc([C@@H](N)CC)o1. The number of nitrogens with two attached hydrogens (primary N) is 1. The molecule has 0 bridgehead atoms. The normalized spacial score (nSPS) is 13.4. The van der Waals surface area contributed by atoms with Crippen LogP contribution in [0, 0.1) is 0 Å². The molecule has 0 aliphatic rings. The Labute approximate surface area is 67.4 Å². The fourth-order valence-corrected chi connectivity index (χ4v) is 0.985. The summed E-state index contributed by atoms with van der Waals surface area (Å²) in [4.78, 5) is 0. The monoisotopic (exact) mass is 153 g/mol. The van der Waals surface area contributed by atoms with Crippen LogP contribution < -0.4 is 5.73 Å². The number of aryl methyl sites for hydroxylation is 1. The number of hydrogen-bond donors (Lipinski definition) is 1. The Balaban J connectivity index is 2.71. The molecule has 0 spiro atoms. The Kier molecular flexibility index (Phi) is 2.71. The van der Waals surface area contributed by atoms with Gasteiger partial charge in [-0.15, -0.1) is 0 Å². The van der Waals surface area contributed by atoms with Gasteiger partial charge in [0.05, 0.1) is 6.04 Å². The van der Waals surface area contributed by atoms with Crippen LogP contribution in [0.1, 0.15) is 37.8 Å². The molecule has 0 aromatic carbocycles. The molecule has 0 unspecified atom stereocenters. The van der Waals surface area contributed by atoms with Gasteiger partial charge in [-0.2, -0.15) is 0 Å². The molecule has 1 aromatic rings. The molecule has 1 aromatic heterocycles. The van der Waals surface area contributed by atoms with E-state index in [0.717, 1.165) is 24.4 Å². The molecule has 0 fully saturated rings. The summed E-state index contributed by atoms with van der Waals surface area (Å²) in [6.07, 6.45) is 1.87. The van der Waals surface area contributed by atoms with Crippen molar-refractivity contribution < 1.29 is 4.42 Å².